The standard InChI is InChI=1S/C74H56N4/c1-71(2)45-73(49-30-15-7-16-31-49,50-32-17-8-18-33-50)69-65(71)62-56-42-58-61(55-38-23-24-41-57(55)77(58)67-53(47-26-11-5-12-27-47)39-25-40-54(67)48-28-13-6-14-29-48)64-63-60(78(68(56)64)59(62)43-75-69)44-76-70-66(63)72(3,4)46-74(70,51-34-19-9-20-35-51)52-36-21-10-22-37-52/h5-44H,45-46H2,1-4H3. The summed E-state index contributed by atoms with van der Waals surface area (Å²) in [6.45, 7) is 9.87. The molecule has 78 heavy (non-hydrogen) atoms. The van der Waals surface area contributed by atoms with Crippen molar-refractivity contribution in [2.24, 2.45) is 0 Å². The molecular weight excluding hydrogens is 945 g/mol. The largest absolute Gasteiger partial charge is 0.308 e. The molecule has 4 heteroatoms. The van der Waals surface area contributed by atoms with E-state index in [9.17, 15) is 0 Å². The zero-order valence-corrected chi connectivity index (χ0v) is 44.3. The van der Waals surface area contributed by atoms with Crippen LogP contribution in [0.1, 0.15) is 85.3 Å². The van der Waals surface area contributed by atoms with E-state index in [0.29, 0.717) is 0 Å². The van der Waals surface area contributed by atoms with Crippen LogP contribution in [0.4, 0.5) is 0 Å². The van der Waals surface area contributed by atoms with Crippen LogP contribution < -0.4 is 0 Å². The second-order valence-electron chi connectivity index (χ2n) is 23.5. The molecule has 0 fully saturated rings. The lowest BCUT2D eigenvalue weighted by molar-refractivity contribution is 0.443. The summed E-state index contributed by atoms with van der Waals surface area (Å²) in [5.41, 5.74) is 20.2. The summed E-state index contributed by atoms with van der Waals surface area (Å²) in [7, 11) is 0. The van der Waals surface area contributed by atoms with Crippen LogP contribution in [0.15, 0.2) is 243 Å². The molecule has 0 unspecified atom stereocenters. The van der Waals surface area contributed by atoms with E-state index in [4.69, 9.17) is 9.97 Å². The molecule has 5 heterocycles. The summed E-state index contributed by atoms with van der Waals surface area (Å²) >= 11 is 0. The molecule has 0 spiro atoms. The first-order chi connectivity index (χ1) is 38.2. The molecule has 0 atom stereocenters. The van der Waals surface area contributed by atoms with Gasteiger partial charge in [0.25, 0.3) is 0 Å². The van der Waals surface area contributed by atoms with Gasteiger partial charge in [-0.15, -0.1) is 0 Å². The van der Waals surface area contributed by atoms with Crippen molar-refractivity contribution in [1.82, 2.24) is 18.9 Å². The highest BCUT2D eigenvalue weighted by Gasteiger charge is 2.54. The maximum absolute atomic E-state index is 5.83. The Morgan fingerprint density at radius 2 is 0.769 bits per heavy atom. The number of hydrogen-bond donors (Lipinski definition) is 0. The van der Waals surface area contributed by atoms with Crippen LogP contribution in [-0.4, -0.2) is 18.9 Å². The first-order valence-electron chi connectivity index (χ1n) is 27.7. The van der Waals surface area contributed by atoms with Gasteiger partial charge in [-0.3, -0.25) is 9.97 Å². The second-order valence-corrected chi connectivity index (χ2v) is 23.5. The minimum atomic E-state index is -0.486. The maximum Gasteiger partial charge on any atom is 0.0729 e. The van der Waals surface area contributed by atoms with E-state index >= 15 is 0 Å². The number of rotatable bonds is 7. The summed E-state index contributed by atoms with van der Waals surface area (Å²) in [4.78, 5) is 11.6. The Kier molecular flexibility index (Phi) is 9.37. The fourth-order valence-electron chi connectivity index (χ4n) is 15.6. The van der Waals surface area contributed by atoms with Gasteiger partial charge in [0.05, 0.1) is 67.9 Å². The summed E-state index contributed by atoms with van der Waals surface area (Å²) in [6.07, 6.45) is 6.21. The molecule has 2 aliphatic carbocycles. The first-order valence-corrected chi connectivity index (χ1v) is 27.7. The monoisotopic (exact) mass is 1000 g/mol. The van der Waals surface area contributed by atoms with E-state index in [1.165, 1.54) is 110 Å². The molecule has 2 aliphatic rings. The Hall–Kier alpha value is -9.12. The number of para-hydroxylation sites is 2. The highest BCUT2D eigenvalue weighted by Crippen LogP contribution is 2.62. The minimum absolute atomic E-state index is 0.278. The van der Waals surface area contributed by atoms with Gasteiger partial charge in [0.15, 0.2) is 0 Å². The summed E-state index contributed by atoms with van der Waals surface area (Å²) < 4.78 is 5.21. The first kappa shape index (κ1) is 45.1. The second kappa shape index (κ2) is 16.2. The lowest BCUT2D eigenvalue weighted by Crippen LogP contribution is -2.29. The highest BCUT2D eigenvalue weighted by atomic mass is 15.0. The predicted molar refractivity (Wildman–Crippen MR) is 323 cm³/mol. The molecule has 0 saturated carbocycles. The molecule has 14 aromatic rings. The van der Waals surface area contributed by atoms with E-state index in [1.807, 2.05) is 0 Å². The SMILES string of the molecule is CC1(C)CC(c2ccccc2)(c2ccccc2)c2ncc3c(c21)c1cc2c(c4ccccc4n2-c2c(-c4ccccc4)cccc2-c2ccccc2)c2c4c5c(ncc4n3c12)C(c1ccccc1)(c1ccccc1)CC5(C)C. The van der Waals surface area contributed by atoms with Crippen molar-refractivity contribution in [3.8, 4) is 27.9 Å². The molecule has 0 radical (unpaired) electrons. The number of pyridine rings is 2. The van der Waals surface area contributed by atoms with Crippen LogP contribution in [0.25, 0.3) is 87.8 Å². The van der Waals surface area contributed by atoms with Crippen LogP contribution in [-0.2, 0) is 21.7 Å². The van der Waals surface area contributed by atoms with Crippen molar-refractivity contribution in [3.05, 3.63) is 288 Å². The predicted octanol–water partition coefficient (Wildman–Crippen LogP) is 18.1. The summed E-state index contributed by atoms with van der Waals surface area (Å²) in [6, 6.07) is 85.3. The van der Waals surface area contributed by atoms with Crippen LogP contribution >= 0.6 is 0 Å². The van der Waals surface area contributed by atoms with Crippen molar-refractivity contribution < 1.29 is 0 Å². The number of benzene rings is 9. The third-order valence-electron chi connectivity index (χ3n) is 18.3. The molecule has 16 rings (SSSR count). The molecule has 0 bridgehead atoms. The van der Waals surface area contributed by atoms with Gasteiger partial charge in [0.2, 0.25) is 0 Å². The number of nitrogens with zero attached hydrogens (tertiary/aromatic N) is 4. The van der Waals surface area contributed by atoms with Crippen LogP contribution in [0.5, 0.6) is 0 Å². The third kappa shape index (κ3) is 5.90. The van der Waals surface area contributed by atoms with Crippen molar-refractivity contribution in [2.45, 2.75) is 62.2 Å². The Morgan fingerprint density at radius 3 is 1.24 bits per heavy atom. The van der Waals surface area contributed by atoms with Gasteiger partial charge in [0.1, 0.15) is 0 Å². The Balaban J connectivity index is 1.14. The maximum atomic E-state index is 5.83. The smallest absolute Gasteiger partial charge is 0.0729 e. The third-order valence-corrected chi connectivity index (χ3v) is 18.3. The normalized spacial score (nSPS) is 16.0. The van der Waals surface area contributed by atoms with Gasteiger partial charge in [0, 0.05) is 43.4 Å². The number of hydrogen-bond acceptors (Lipinski definition) is 2. The van der Waals surface area contributed by atoms with E-state index < -0.39 is 10.8 Å². The van der Waals surface area contributed by atoms with Crippen LogP contribution in [0.3, 0.4) is 0 Å². The Morgan fingerprint density at radius 1 is 0.359 bits per heavy atom. The van der Waals surface area contributed by atoms with E-state index in [0.717, 1.165) is 35.3 Å². The molecule has 0 aliphatic heterocycles. The highest BCUT2D eigenvalue weighted by molar-refractivity contribution is 6.37. The van der Waals surface area contributed by atoms with Crippen molar-refractivity contribution in [3.63, 3.8) is 0 Å². The molecular formula is C74H56N4. The van der Waals surface area contributed by atoms with Crippen molar-refractivity contribution in [2.75, 3.05) is 0 Å². The molecule has 0 amide bonds. The van der Waals surface area contributed by atoms with Gasteiger partial charge in [-0.05, 0) is 80.3 Å². The molecule has 5 aromatic heterocycles. The van der Waals surface area contributed by atoms with Crippen LogP contribution in [0.2, 0.25) is 0 Å². The molecule has 372 valence electrons. The van der Waals surface area contributed by atoms with E-state index in [2.05, 4.69) is 280 Å². The van der Waals surface area contributed by atoms with E-state index in [1.54, 1.807) is 0 Å². The Bertz CT molecular complexity index is 4550. The Labute approximate surface area is 454 Å². The summed E-state index contributed by atoms with van der Waals surface area (Å²) in [5.74, 6) is 0. The minimum Gasteiger partial charge on any atom is -0.308 e. The topological polar surface area (TPSA) is 35.1 Å². The van der Waals surface area contributed by atoms with Crippen LogP contribution in [0, 0.1) is 0 Å². The van der Waals surface area contributed by atoms with E-state index in [-0.39, 0.29) is 10.8 Å². The molecule has 4 nitrogen and oxygen atoms in total. The van der Waals surface area contributed by atoms with Gasteiger partial charge in [-0.1, -0.05) is 246 Å². The molecule has 9 aromatic carbocycles. The lowest BCUT2D eigenvalue weighted by atomic mass is 9.70. The van der Waals surface area contributed by atoms with Gasteiger partial charge >= 0.3 is 0 Å². The van der Waals surface area contributed by atoms with Gasteiger partial charge in [-0.25, -0.2) is 0 Å². The zero-order chi connectivity index (χ0) is 52.1. The zero-order valence-electron chi connectivity index (χ0n) is 44.3. The quantitative estimate of drug-likeness (QED) is 0.159. The fourth-order valence-corrected chi connectivity index (χ4v) is 15.6. The molecule has 0 N–H and O–H groups in total. The average Bonchev–Trinajstić information content (AvgIpc) is 3.52. The fraction of sp³-hybridized carbons (Fsp3) is 0.135. The summed E-state index contributed by atoms with van der Waals surface area (Å²) in [5, 5.41) is 7.59. The van der Waals surface area contributed by atoms with Crippen molar-refractivity contribution in [1.29, 1.82) is 0 Å². The molecule has 0 saturated heterocycles. The number of aromatic nitrogens is 4. The van der Waals surface area contributed by atoms with Crippen molar-refractivity contribution >= 4 is 59.9 Å². The average molecular weight is 1000 g/mol. The number of fused-ring (bicyclic) bond motifs is 14. The van der Waals surface area contributed by atoms with Gasteiger partial charge < -0.3 is 8.97 Å². The lowest BCUT2D eigenvalue weighted by Gasteiger charge is -2.32. The van der Waals surface area contributed by atoms with Gasteiger partial charge in [-0.2, -0.15) is 0 Å².